The number of aliphatic carboxylic acids is 1. The van der Waals surface area contributed by atoms with Gasteiger partial charge in [0, 0.05) is 6.07 Å². The first-order valence-electron chi connectivity index (χ1n) is 6.39. The predicted octanol–water partition coefficient (Wildman–Crippen LogP) is 2.71. The standard InChI is InChI=1S/C14H15F2NO3/c1-7-5-11(16)12(6-10(7)15)17-13(18)8-3-2-4-9(8)14(19)20/h5-6,8-9H,2-4H2,1H3,(H,17,18)(H,19,20). The third-order valence-corrected chi connectivity index (χ3v) is 3.68. The highest BCUT2D eigenvalue weighted by Gasteiger charge is 2.37. The summed E-state index contributed by atoms with van der Waals surface area (Å²) in [6.07, 6.45) is 1.51. The average Bonchev–Trinajstić information content (AvgIpc) is 2.85. The minimum absolute atomic E-state index is 0.143. The molecule has 108 valence electrons. The third kappa shape index (κ3) is 2.79. The molecule has 0 aromatic heterocycles. The van der Waals surface area contributed by atoms with Gasteiger partial charge in [-0.25, -0.2) is 8.78 Å². The van der Waals surface area contributed by atoms with Gasteiger partial charge in [-0.05, 0) is 31.4 Å². The molecule has 6 heteroatoms. The number of aryl methyl sites for hydroxylation is 1. The summed E-state index contributed by atoms with van der Waals surface area (Å²) in [5.41, 5.74) is -0.112. The van der Waals surface area contributed by atoms with Crippen LogP contribution in [0.4, 0.5) is 14.5 Å². The molecule has 0 radical (unpaired) electrons. The summed E-state index contributed by atoms with van der Waals surface area (Å²) >= 11 is 0. The summed E-state index contributed by atoms with van der Waals surface area (Å²) < 4.78 is 27.0. The summed E-state index contributed by atoms with van der Waals surface area (Å²) in [7, 11) is 0. The van der Waals surface area contributed by atoms with Gasteiger partial charge in [-0.3, -0.25) is 9.59 Å². The maximum Gasteiger partial charge on any atom is 0.307 e. The Bertz CT molecular complexity index is 560. The van der Waals surface area contributed by atoms with Crippen LogP contribution in [0.3, 0.4) is 0 Å². The van der Waals surface area contributed by atoms with Gasteiger partial charge >= 0.3 is 5.97 Å². The largest absolute Gasteiger partial charge is 0.481 e. The molecule has 2 unspecified atom stereocenters. The van der Waals surface area contributed by atoms with Gasteiger partial charge in [0.05, 0.1) is 17.5 Å². The monoisotopic (exact) mass is 283 g/mol. The molecule has 1 amide bonds. The van der Waals surface area contributed by atoms with Crippen LogP contribution < -0.4 is 5.32 Å². The number of amides is 1. The number of benzene rings is 1. The van der Waals surface area contributed by atoms with Crippen molar-refractivity contribution in [2.75, 3.05) is 5.32 Å². The Hall–Kier alpha value is -1.98. The van der Waals surface area contributed by atoms with Crippen LogP contribution in [0.2, 0.25) is 0 Å². The van der Waals surface area contributed by atoms with E-state index in [2.05, 4.69) is 5.32 Å². The highest BCUT2D eigenvalue weighted by Crippen LogP contribution is 2.33. The average molecular weight is 283 g/mol. The van der Waals surface area contributed by atoms with E-state index in [0.29, 0.717) is 19.3 Å². The number of rotatable bonds is 3. The van der Waals surface area contributed by atoms with Crippen LogP contribution in [0.1, 0.15) is 24.8 Å². The lowest BCUT2D eigenvalue weighted by Gasteiger charge is -2.16. The van der Waals surface area contributed by atoms with Gasteiger partial charge in [0.1, 0.15) is 11.6 Å². The first kappa shape index (κ1) is 14.4. The molecule has 2 atom stereocenters. The molecule has 20 heavy (non-hydrogen) atoms. The molecule has 1 saturated carbocycles. The fourth-order valence-electron chi connectivity index (χ4n) is 2.54. The van der Waals surface area contributed by atoms with Crippen molar-refractivity contribution in [1.29, 1.82) is 0 Å². The van der Waals surface area contributed by atoms with E-state index in [1.807, 2.05) is 0 Å². The van der Waals surface area contributed by atoms with Gasteiger partial charge in [-0.2, -0.15) is 0 Å². The number of hydrogen-bond donors (Lipinski definition) is 2. The number of carbonyl (C=O) groups excluding carboxylic acids is 1. The van der Waals surface area contributed by atoms with E-state index in [0.717, 1.165) is 12.1 Å². The fourth-order valence-corrected chi connectivity index (χ4v) is 2.54. The van der Waals surface area contributed by atoms with Crippen LogP contribution in [0.25, 0.3) is 0 Å². The van der Waals surface area contributed by atoms with Crippen molar-refractivity contribution in [2.24, 2.45) is 11.8 Å². The summed E-state index contributed by atoms with van der Waals surface area (Å²) in [6.45, 7) is 1.42. The zero-order chi connectivity index (χ0) is 14.9. The zero-order valence-electron chi connectivity index (χ0n) is 11.0. The van der Waals surface area contributed by atoms with E-state index in [-0.39, 0.29) is 11.3 Å². The van der Waals surface area contributed by atoms with E-state index in [1.54, 1.807) is 0 Å². The van der Waals surface area contributed by atoms with Gasteiger partial charge in [0.2, 0.25) is 5.91 Å². The number of carboxylic acid groups (broad SMARTS) is 1. The lowest BCUT2D eigenvalue weighted by atomic mass is 9.95. The molecule has 0 heterocycles. The lowest BCUT2D eigenvalue weighted by Crippen LogP contribution is -2.30. The molecular weight excluding hydrogens is 268 g/mol. The van der Waals surface area contributed by atoms with E-state index in [4.69, 9.17) is 5.11 Å². The molecular formula is C14H15F2NO3. The molecule has 0 aliphatic heterocycles. The molecule has 1 aliphatic carbocycles. The Morgan fingerprint density at radius 1 is 1.20 bits per heavy atom. The topological polar surface area (TPSA) is 66.4 Å². The quantitative estimate of drug-likeness (QED) is 0.896. The third-order valence-electron chi connectivity index (χ3n) is 3.68. The summed E-state index contributed by atoms with van der Waals surface area (Å²) in [5.74, 6) is -4.41. The molecule has 4 nitrogen and oxygen atoms in total. The fraction of sp³-hybridized carbons (Fsp3) is 0.429. The Balaban J connectivity index is 2.16. The van der Waals surface area contributed by atoms with Gasteiger partial charge in [-0.1, -0.05) is 6.42 Å². The highest BCUT2D eigenvalue weighted by molar-refractivity contribution is 5.95. The van der Waals surface area contributed by atoms with Gasteiger partial charge < -0.3 is 10.4 Å². The number of nitrogens with one attached hydrogen (secondary N) is 1. The maximum absolute atomic E-state index is 13.6. The molecule has 1 aromatic carbocycles. The number of anilines is 1. The number of halogens is 2. The van der Waals surface area contributed by atoms with Gasteiger partial charge in [0.15, 0.2) is 0 Å². The van der Waals surface area contributed by atoms with Crippen molar-refractivity contribution in [2.45, 2.75) is 26.2 Å². The maximum atomic E-state index is 13.6. The first-order chi connectivity index (χ1) is 9.40. The Labute approximate surface area is 114 Å². The van der Waals surface area contributed by atoms with Gasteiger partial charge in [-0.15, -0.1) is 0 Å². The minimum atomic E-state index is -1.03. The van der Waals surface area contributed by atoms with E-state index >= 15 is 0 Å². The van der Waals surface area contributed by atoms with Crippen molar-refractivity contribution >= 4 is 17.6 Å². The Morgan fingerprint density at radius 3 is 2.50 bits per heavy atom. The zero-order valence-corrected chi connectivity index (χ0v) is 11.0. The molecule has 2 N–H and O–H groups in total. The summed E-state index contributed by atoms with van der Waals surface area (Å²) in [6, 6.07) is 1.90. The van der Waals surface area contributed by atoms with Crippen LogP contribution in [-0.2, 0) is 9.59 Å². The second-order valence-corrected chi connectivity index (χ2v) is 5.05. The molecule has 2 rings (SSSR count). The smallest absolute Gasteiger partial charge is 0.307 e. The van der Waals surface area contributed by atoms with E-state index in [9.17, 15) is 18.4 Å². The van der Waals surface area contributed by atoms with Crippen LogP contribution in [0.5, 0.6) is 0 Å². The number of hydrogen-bond acceptors (Lipinski definition) is 2. The second-order valence-electron chi connectivity index (χ2n) is 5.05. The summed E-state index contributed by atoms with van der Waals surface area (Å²) in [5, 5.41) is 11.3. The normalized spacial score (nSPS) is 21.8. The Kier molecular flexibility index (Phi) is 4.01. The van der Waals surface area contributed by atoms with Crippen molar-refractivity contribution in [3.8, 4) is 0 Å². The number of carbonyl (C=O) groups is 2. The SMILES string of the molecule is Cc1cc(F)c(NC(=O)C2CCCC2C(=O)O)cc1F. The predicted molar refractivity (Wildman–Crippen MR) is 68.2 cm³/mol. The van der Waals surface area contributed by atoms with Gasteiger partial charge in [0.25, 0.3) is 0 Å². The number of carboxylic acids is 1. The van der Waals surface area contributed by atoms with Crippen molar-refractivity contribution < 1.29 is 23.5 Å². The van der Waals surface area contributed by atoms with E-state index in [1.165, 1.54) is 6.92 Å². The second kappa shape index (κ2) is 5.56. The first-order valence-corrected chi connectivity index (χ1v) is 6.39. The summed E-state index contributed by atoms with van der Waals surface area (Å²) in [4.78, 5) is 23.0. The molecule has 0 saturated heterocycles. The van der Waals surface area contributed by atoms with Crippen LogP contribution in [0, 0.1) is 30.4 Å². The molecule has 1 aromatic rings. The molecule has 1 aliphatic rings. The molecule has 0 bridgehead atoms. The van der Waals surface area contributed by atoms with E-state index < -0.39 is 35.3 Å². The Morgan fingerprint density at radius 2 is 1.85 bits per heavy atom. The van der Waals surface area contributed by atoms with Crippen molar-refractivity contribution in [1.82, 2.24) is 0 Å². The van der Waals surface area contributed by atoms with Crippen LogP contribution >= 0.6 is 0 Å². The molecule has 1 fully saturated rings. The minimum Gasteiger partial charge on any atom is -0.481 e. The lowest BCUT2D eigenvalue weighted by molar-refractivity contribution is -0.145. The molecule has 0 spiro atoms. The highest BCUT2D eigenvalue weighted by atomic mass is 19.1. The van der Waals surface area contributed by atoms with Crippen molar-refractivity contribution in [3.05, 3.63) is 29.3 Å². The van der Waals surface area contributed by atoms with Crippen LogP contribution in [-0.4, -0.2) is 17.0 Å². The van der Waals surface area contributed by atoms with Crippen molar-refractivity contribution in [3.63, 3.8) is 0 Å². The van der Waals surface area contributed by atoms with Crippen LogP contribution in [0.15, 0.2) is 12.1 Å².